The molecule has 0 saturated carbocycles. The lowest BCUT2D eigenvalue weighted by Crippen LogP contribution is -1.75. The van der Waals surface area contributed by atoms with E-state index in [4.69, 9.17) is 11.6 Å². The number of benzene rings is 2. The average molecular weight is 267 g/mol. The van der Waals surface area contributed by atoms with Gasteiger partial charge in [0.15, 0.2) is 0 Å². The van der Waals surface area contributed by atoms with Crippen LogP contribution in [0.1, 0.15) is 5.56 Å². The summed E-state index contributed by atoms with van der Waals surface area (Å²) in [5.41, 5.74) is 1.30. The minimum absolute atomic E-state index is 0.814. The van der Waals surface area contributed by atoms with Gasteiger partial charge in [-0.25, -0.2) is 0 Å². The minimum Gasteiger partial charge on any atom is -0.0831 e. The van der Waals surface area contributed by atoms with Crippen molar-refractivity contribution in [2.45, 2.75) is 16.7 Å². The number of hydrogen-bond acceptors (Lipinski definition) is 2. The van der Waals surface area contributed by atoms with Crippen LogP contribution in [0.3, 0.4) is 0 Å². The van der Waals surface area contributed by atoms with E-state index in [0.29, 0.717) is 0 Å². The van der Waals surface area contributed by atoms with Gasteiger partial charge in [-0.15, -0.1) is 0 Å². The highest BCUT2D eigenvalue weighted by atomic mass is 35.5. The second-order valence-electron chi connectivity index (χ2n) is 3.36. The molecule has 0 aliphatic rings. The van der Waals surface area contributed by atoms with Crippen molar-refractivity contribution in [1.29, 1.82) is 0 Å². The Hall–Kier alpha value is -0.570. The summed E-state index contributed by atoms with van der Waals surface area (Å²) in [7, 11) is 3.45. The summed E-state index contributed by atoms with van der Waals surface area (Å²) >= 11 is 6.10. The van der Waals surface area contributed by atoms with Gasteiger partial charge in [-0.2, -0.15) is 0 Å². The van der Waals surface area contributed by atoms with E-state index < -0.39 is 0 Å². The lowest BCUT2D eigenvalue weighted by molar-refractivity contribution is 1.31. The van der Waals surface area contributed by atoms with E-state index in [0.717, 1.165) is 9.92 Å². The van der Waals surface area contributed by atoms with Crippen LogP contribution in [-0.4, -0.2) is 0 Å². The molecule has 2 rings (SSSR count). The maximum atomic E-state index is 6.10. The summed E-state index contributed by atoms with van der Waals surface area (Å²) in [4.78, 5) is 2.39. The zero-order chi connectivity index (χ0) is 11.4. The van der Waals surface area contributed by atoms with Gasteiger partial charge >= 0.3 is 0 Å². The van der Waals surface area contributed by atoms with Crippen molar-refractivity contribution >= 4 is 33.2 Å². The van der Waals surface area contributed by atoms with E-state index in [9.17, 15) is 0 Å². The smallest absolute Gasteiger partial charge is 0.0550 e. The highest BCUT2D eigenvalue weighted by Crippen LogP contribution is 2.41. The van der Waals surface area contributed by atoms with Gasteiger partial charge in [-0.3, -0.25) is 0 Å². The predicted octanol–water partition coefficient (Wildman–Crippen LogP) is 5.45. The SMILES string of the molecule is Cc1ccccc1SSc1ccccc1Cl. The van der Waals surface area contributed by atoms with Crippen LogP contribution in [0.2, 0.25) is 5.02 Å². The van der Waals surface area contributed by atoms with Crippen LogP contribution in [0.25, 0.3) is 0 Å². The Bertz CT molecular complexity index is 437. The van der Waals surface area contributed by atoms with Crippen LogP contribution < -0.4 is 0 Å². The molecular weight excluding hydrogens is 256 g/mol. The van der Waals surface area contributed by atoms with E-state index in [2.05, 4.69) is 31.2 Å². The summed E-state index contributed by atoms with van der Waals surface area (Å²) in [5, 5.41) is 0.814. The number of hydrogen-bond donors (Lipinski definition) is 0. The van der Waals surface area contributed by atoms with Crippen molar-refractivity contribution in [3.63, 3.8) is 0 Å². The molecule has 0 N–H and O–H groups in total. The van der Waals surface area contributed by atoms with Crippen LogP contribution in [0.4, 0.5) is 0 Å². The van der Waals surface area contributed by atoms with Gasteiger partial charge in [0.05, 0.1) is 5.02 Å². The summed E-state index contributed by atoms with van der Waals surface area (Å²) in [6.07, 6.45) is 0. The molecule has 0 atom stereocenters. The number of rotatable bonds is 3. The lowest BCUT2D eigenvalue weighted by Gasteiger charge is -2.05. The first-order valence-electron chi connectivity index (χ1n) is 4.92. The molecule has 0 spiro atoms. The fourth-order valence-corrected chi connectivity index (χ4v) is 3.97. The van der Waals surface area contributed by atoms with Crippen LogP contribution in [-0.2, 0) is 0 Å². The van der Waals surface area contributed by atoms with Crippen LogP contribution in [0, 0.1) is 6.92 Å². The number of aryl methyl sites for hydroxylation is 1. The highest BCUT2D eigenvalue weighted by molar-refractivity contribution is 8.76. The second kappa shape index (κ2) is 5.67. The average Bonchev–Trinajstić information content (AvgIpc) is 2.30. The molecule has 0 nitrogen and oxygen atoms in total. The quantitative estimate of drug-likeness (QED) is 0.678. The number of halogens is 1. The van der Waals surface area contributed by atoms with Crippen LogP contribution in [0.15, 0.2) is 58.3 Å². The first-order valence-corrected chi connectivity index (χ1v) is 7.45. The van der Waals surface area contributed by atoms with Crippen molar-refractivity contribution < 1.29 is 0 Å². The molecule has 16 heavy (non-hydrogen) atoms. The minimum atomic E-state index is 0.814. The zero-order valence-corrected chi connectivity index (χ0v) is 11.2. The zero-order valence-electron chi connectivity index (χ0n) is 8.81. The molecule has 0 amide bonds. The summed E-state index contributed by atoms with van der Waals surface area (Å²) in [5.74, 6) is 0. The Kier molecular flexibility index (Phi) is 4.22. The third-order valence-electron chi connectivity index (χ3n) is 2.15. The van der Waals surface area contributed by atoms with Crippen molar-refractivity contribution in [2.24, 2.45) is 0 Å². The molecule has 0 heterocycles. The first kappa shape index (κ1) is 11.9. The maximum Gasteiger partial charge on any atom is 0.0550 e. The highest BCUT2D eigenvalue weighted by Gasteiger charge is 2.02. The van der Waals surface area contributed by atoms with Crippen LogP contribution >= 0.6 is 33.2 Å². The van der Waals surface area contributed by atoms with Gasteiger partial charge in [0.2, 0.25) is 0 Å². The third-order valence-corrected chi connectivity index (χ3v) is 5.18. The molecular formula is C13H11ClS2. The fraction of sp³-hybridized carbons (Fsp3) is 0.0769. The van der Waals surface area contributed by atoms with Crippen molar-refractivity contribution in [3.8, 4) is 0 Å². The standard InChI is InChI=1S/C13H11ClS2/c1-10-6-2-4-8-12(10)15-16-13-9-5-3-7-11(13)14/h2-9H,1H3. The van der Waals surface area contributed by atoms with E-state index in [1.54, 1.807) is 21.6 Å². The van der Waals surface area contributed by atoms with Gasteiger partial charge in [0, 0.05) is 9.79 Å². The van der Waals surface area contributed by atoms with Gasteiger partial charge < -0.3 is 0 Å². The molecule has 0 aliphatic carbocycles. The normalized spacial score (nSPS) is 10.4. The molecule has 0 aliphatic heterocycles. The molecule has 0 bridgehead atoms. The van der Waals surface area contributed by atoms with Crippen molar-refractivity contribution in [1.82, 2.24) is 0 Å². The summed E-state index contributed by atoms with van der Waals surface area (Å²) in [6, 6.07) is 16.3. The molecule has 82 valence electrons. The van der Waals surface area contributed by atoms with Crippen molar-refractivity contribution in [2.75, 3.05) is 0 Å². The second-order valence-corrected chi connectivity index (χ2v) is 5.98. The van der Waals surface area contributed by atoms with E-state index in [1.165, 1.54) is 10.5 Å². The van der Waals surface area contributed by atoms with Crippen molar-refractivity contribution in [3.05, 3.63) is 59.1 Å². The summed E-state index contributed by atoms with van der Waals surface area (Å²) < 4.78 is 0. The molecule has 0 fully saturated rings. The maximum absolute atomic E-state index is 6.10. The predicted molar refractivity (Wildman–Crippen MR) is 74.3 cm³/mol. The molecule has 2 aromatic rings. The van der Waals surface area contributed by atoms with E-state index >= 15 is 0 Å². The monoisotopic (exact) mass is 266 g/mol. The molecule has 0 unspecified atom stereocenters. The molecule has 0 radical (unpaired) electrons. The Labute approximate surface area is 109 Å². The van der Waals surface area contributed by atoms with E-state index in [1.807, 2.05) is 24.3 Å². The Balaban J connectivity index is 2.09. The first-order chi connectivity index (χ1) is 7.77. The Morgan fingerprint density at radius 3 is 2.06 bits per heavy atom. The van der Waals surface area contributed by atoms with Crippen LogP contribution in [0.5, 0.6) is 0 Å². The fourth-order valence-electron chi connectivity index (χ4n) is 1.25. The lowest BCUT2D eigenvalue weighted by atomic mass is 10.2. The molecule has 3 heteroatoms. The molecule has 0 saturated heterocycles. The largest absolute Gasteiger partial charge is 0.0831 e. The van der Waals surface area contributed by atoms with Gasteiger partial charge in [-0.1, -0.05) is 63.5 Å². The Morgan fingerprint density at radius 2 is 1.38 bits per heavy atom. The third kappa shape index (κ3) is 2.97. The van der Waals surface area contributed by atoms with Gasteiger partial charge in [-0.05, 0) is 30.7 Å². The Morgan fingerprint density at radius 1 is 0.812 bits per heavy atom. The summed E-state index contributed by atoms with van der Waals surface area (Å²) in [6.45, 7) is 2.12. The topological polar surface area (TPSA) is 0 Å². The van der Waals surface area contributed by atoms with Gasteiger partial charge in [0.1, 0.15) is 0 Å². The van der Waals surface area contributed by atoms with Gasteiger partial charge in [0.25, 0.3) is 0 Å². The molecule has 2 aromatic carbocycles. The molecule has 0 aromatic heterocycles. The van der Waals surface area contributed by atoms with E-state index in [-0.39, 0.29) is 0 Å².